The van der Waals surface area contributed by atoms with Gasteiger partial charge in [0, 0.05) is 17.5 Å². The number of rotatable bonds is 1. The Balaban J connectivity index is 2.46. The first-order valence-electron chi connectivity index (χ1n) is 3.76. The monoisotopic (exact) mass is 157 g/mol. The molecule has 0 aromatic carbocycles. The van der Waals surface area contributed by atoms with E-state index in [4.69, 9.17) is 11.5 Å². The quantitative estimate of drug-likeness (QED) is 0.492. The van der Waals surface area contributed by atoms with Crippen LogP contribution in [0.25, 0.3) is 0 Å². The van der Waals surface area contributed by atoms with Crippen molar-refractivity contribution in [1.82, 2.24) is 5.32 Å². The molecule has 11 heavy (non-hydrogen) atoms. The van der Waals surface area contributed by atoms with Gasteiger partial charge in [0.25, 0.3) is 0 Å². The third-order valence-electron chi connectivity index (χ3n) is 2.66. The van der Waals surface area contributed by atoms with Crippen LogP contribution in [-0.4, -0.2) is 18.1 Å². The Morgan fingerprint density at radius 1 is 1.64 bits per heavy atom. The van der Waals surface area contributed by atoms with E-state index >= 15 is 0 Å². The lowest BCUT2D eigenvalue weighted by Crippen LogP contribution is -2.65. The number of hydrogen-bond donors (Lipinski definition) is 3. The maximum absolute atomic E-state index is 10.5. The lowest BCUT2D eigenvalue weighted by molar-refractivity contribution is 0.0810. The van der Waals surface area contributed by atoms with Crippen LogP contribution in [0.3, 0.4) is 0 Å². The topological polar surface area (TPSA) is 81.1 Å². The summed E-state index contributed by atoms with van der Waals surface area (Å²) in [7, 11) is 0. The summed E-state index contributed by atoms with van der Waals surface area (Å²) in [4.78, 5) is 10.5. The Bertz CT molecular complexity index is 179. The van der Waals surface area contributed by atoms with Crippen molar-refractivity contribution >= 4 is 6.03 Å². The summed E-state index contributed by atoms with van der Waals surface area (Å²) in [6.07, 6.45) is 0.829. The number of nitrogens with one attached hydrogen (secondary N) is 1. The Morgan fingerprint density at radius 2 is 2.18 bits per heavy atom. The molecule has 0 bridgehead atoms. The average molecular weight is 157 g/mol. The van der Waals surface area contributed by atoms with Crippen LogP contribution in [0, 0.1) is 5.41 Å². The van der Waals surface area contributed by atoms with Gasteiger partial charge in [-0.3, -0.25) is 0 Å². The first kappa shape index (κ1) is 8.33. The van der Waals surface area contributed by atoms with Gasteiger partial charge < -0.3 is 16.8 Å². The van der Waals surface area contributed by atoms with Crippen LogP contribution in [0.4, 0.5) is 4.79 Å². The van der Waals surface area contributed by atoms with Crippen molar-refractivity contribution in [2.45, 2.75) is 32.4 Å². The minimum absolute atomic E-state index is 0.00493. The normalized spacial score (nSPS) is 34.1. The van der Waals surface area contributed by atoms with Crippen LogP contribution < -0.4 is 16.8 Å². The molecule has 1 saturated carbocycles. The van der Waals surface area contributed by atoms with Crippen molar-refractivity contribution in [2.75, 3.05) is 0 Å². The molecule has 1 aliphatic rings. The van der Waals surface area contributed by atoms with Gasteiger partial charge in [-0.05, 0) is 6.42 Å². The van der Waals surface area contributed by atoms with E-state index in [0.717, 1.165) is 6.42 Å². The highest BCUT2D eigenvalue weighted by atomic mass is 16.2. The largest absolute Gasteiger partial charge is 0.352 e. The predicted molar refractivity (Wildman–Crippen MR) is 42.9 cm³/mol. The van der Waals surface area contributed by atoms with E-state index in [1.54, 1.807) is 0 Å². The summed E-state index contributed by atoms with van der Waals surface area (Å²) >= 11 is 0. The molecular weight excluding hydrogens is 142 g/mol. The molecule has 2 unspecified atom stereocenters. The highest BCUT2D eigenvalue weighted by Crippen LogP contribution is 2.38. The molecular formula is C7H15N3O. The minimum Gasteiger partial charge on any atom is -0.352 e. The molecule has 1 fully saturated rings. The van der Waals surface area contributed by atoms with Gasteiger partial charge in [-0.2, -0.15) is 0 Å². The van der Waals surface area contributed by atoms with Crippen LogP contribution in [-0.2, 0) is 0 Å². The Kier molecular flexibility index (Phi) is 1.80. The van der Waals surface area contributed by atoms with E-state index in [2.05, 4.69) is 5.32 Å². The number of urea groups is 1. The first-order valence-corrected chi connectivity index (χ1v) is 3.76. The average Bonchev–Trinajstić information content (AvgIpc) is 1.87. The highest BCUT2D eigenvalue weighted by Gasteiger charge is 2.46. The fourth-order valence-electron chi connectivity index (χ4n) is 1.38. The van der Waals surface area contributed by atoms with Crippen molar-refractivity contribution in [3.05, 3.63) is 0 Å². The molecule has 4 nitrogen and oxygen atoms in total. The number of carbonyl (C=O) groups excluding carboxylic acids is 1. The van der Waals surface area contributed by atoms with Gasteiger partial charge in [-0.1, -0.05) is 13.8 Å². The van der Waals surface area contributed by atoms with Crippen LogP contribution in [0.15, 0.2) is 0 Å². The summed E-state index contributed by atoms with van der Waals surface area (Å²) < 4.78 is 0. The summed E-state index contributed by atoms with van der Waals surface area (Å²) in [6.45, 7) is 4.06. The van der Waals surface area contributed by atoms with Gasteiger partial charge in [0.05, 0.1) is 0 Å². The van der Waals surface area contributed by atoms with Crippen molar-refractivity contribution in [3.8, 4) is 0 Å². The van der Waals surface area contributed by atoms with E-state index in [-0.39, 0.29) is 17.5 Å². The van der Waals surface area contributed by atoms with Crippen molar-refractivity contribution in [3.63, 3.8) is 0 Å². The lowest BCUT2D eigenvalue weighted by atomic mass is 9.63. The van der Waals surface area contributed by atoms with E-state index in [0.29, 0.717) is 0 Å². The molecule has 2 amide bonds. The van der Waals surface area contributed by atoms with Gasteiger partial charge in [-0.25, -0.2) is 4.79 Å². The van der Waals surface area contributed by atoms with Gasteiger partial charge in [0.1, 0.15) is 0 Å². The predicted octanol–water partition coefficient (Wildman–Crippen LogP) is -0.219. The van der Waals surface area contributed by atoms with E-state index in [9.17, 15) is 4.79 Å². The number of hydrogen-bond acceptors (Lipinski definition) is 2. The van der Waals surface area contributed by atoms with E-state index in [1.165, 1.54) is 0 Å². The molecule has 2 atom stereocenters. The van der Waals surface area contributed by atoms with Gasteiger partial charge in [0.15, 0.2) is 0 Å². The lowest BCUT2D eigenvalue weighted by Gasteiger charge is -2.50. The SMILES string of the molecule is CC1(C)C(N)CC1NC(N)=O. The zero-order chi connectivity index (χ0) is 8.65. The number of nitrogens with two attached hydrogens (primary N) is 2. The zero-order valence-corrected chi connectivity index (χ0v) is 6.92. The molecule has 0 radical (unpaired) electrons. The molecule has 1 rings (SSSR count). The number of amides is 2. The smallest absolute Gasteiger partial charge is 0.312 e. The minimum atomic E-state index is -0.463. The van der Waals surface area contributed by atoms with E-state index in [1.807, 2.05) is 13.8 Å². The molecule has 4 heteroatoms. The zero-order valence-electron chi connectivity index (χ0n) is 6.92. The third-order valence-corrected chi connectivity index (χ3v) is 2.66. The molecule has 1 aliphatic carbocycles. The van der Waals surface area contributed by atoms with Gasteiger partial charge >= 0.3 is 6.03 Å². The molecule has 5 N–H and O–H groups in total. The fraction of sp³-hybridized carbons (Fsp3) is 0.857. The Morgan fingerprint density at radius 3 is 2.45 bits per heavy atom. The summed E-state index contributed by atoms with van der Waals surface area (Å²) in [5, 5.41) is 2.66. The van der Waals surface area contributed by atoms with Gasteiger partial charge in [-0.15, -0.1) is 0 Å². The molecule has 0 aliphatic heterocycles. The van der Waals surface area contributed by atoms with Crippen LogP contribution >= 0.6 is 0 Å². The van der Waals surface area contributed by atoms with Crippen LogP contribution in [0.2, 0.25) is 0 Å². The molecule has 64 valence electrons. The molecule has 0 heterocycles. The second-order valence-electron chi connectivity index (χ2n) is 3.72. The van der Waals surface area contributed by atoms with Crippen LogP contribution in [0.5, 0.6) is 0 Å². The molecule has 0 spiro atoms. The van der Waals surface area contributed by atoms with Crippen molar-refractivity contribution in [2.24, 2.45) is 16.9 Å². The van der Waals surface area contributed by atoms with Crippen LogP contribution in [0.1, 0.15) is 20.3 Å². The molecule has 0 aromatic rings. The summed E-state index contributed by atoms with van der Waals surface area (Å²) in [5.41, 5.74) is 10.7. The maximum Gasteiger partial charge on any atom is 0.312 e. The fourth-order valence-corrected chi connectivity index (χ4v) is 1.38. The number of primary amides is 1. The second-order valence-corrected chi connectivity index (χ2v) is 3.72. The third kappa shape index (κ3) is 1.30. The highest BCUT2D eigenvalue weighted by molar-refractivity contribution is 5.72. The maximum atomic E-state index is 10.5. The molecule has 0 aromatic heterocycles. The standard InChI is InChI=1S/C7H15N3O/c1-7(2)4(8)3-5(7)10-6(9)11/h4-5H,3,8H2,1-2H3,(H3,9,10,11). The second kappa shape index (κ2) is 2.37. The number of carbonyl (C=O) groups is 1. The summed E-state index contributed by atoms with van der Waals surface area (Å²) in [6, 6.07) is -0.135. The summed E-state index contributed by atoms with van der Waals surface area (Å²) in [5.74, 6) is 0. The van der Waals surface area contributed by atoms with E-state index < -0.39 is 6.03 Å². The van der Waals surface area contributed by atoms with Gasteiger partial charge in [0.2, 0.25) is 0 Å². The Labute approximate surface area is 66.3 Å². The first-order chi connectivity index (χ1) is 4.94. The molecule has 0 saturated heterocycles. The van der Waals surface area contributed by atoms with Crippen molar-refractivity contribution in [1.29, 1.82) is 0 Å². The Hall–Kier alpha value is -0.770. The van der Waals surface area contributed by atoms with Crippen molar-refractivity contribution < 1.29 is 4.79 Å².